The van der Waals surface area contributed by atoms with Crippen molar-refractivity contribution in [1.29, 1.82) is 0 Å². The van der Waals surface area contributed by atoms with E-state index in [2.05, 4.69) is 4.98 Å². The minimum atomic E-state index is -0.483. The molecular weight excluding hydrogens is 454 g/mol. The van der Waals surface area contributed by atoms with Crippen molar-refractivity contribution in [1.82, 2.24) is 19.3 Å². The van der Waals surface area contributed by atoms with Crippen LogP contribution in [0.25, 0.3) is 5.69 Å². The van der Waals surface area contributed by atoms with Gasteiger partial charge in [0, 0.05) is 29.9 Å². The number of carbonyl (C=O) groups excluding carboxylic acids is 1. The molecule has 5 rings (SSSR count). The van der Waals surface area contributed by atoms with Gasteiger partial charge in [-0.2, -0.15) is 5.10 Å². The quantitative estimate of drug-likeness (QED) is 0.445. The van der Waals surface area contributed by atoms with Gasteiger partial charge in [-0.15, -0.1) is 0 Å². The van der Waals surface area contributed by atoms with Crippen molar-refractivity contribution < 1.29 is 9.53 Å². The molecule has 1 aromatic carbocycles. The molecule has 0 spiro atoms. The van der Waals surface area contributed by atoms with Gasteiger partial charge in [-0.3, -0.25) is 14.5 Å². The number of aryl methyl sites for hydroxylation is 2. The fraction of sp³-hybridized carbons (Fsp3) is 0.200. The van der Waals surface area contributed by atoms with E-state index in [1.165, 1.54) is 4.57 Å². The second kappa shape index (κ2) is 8.14. The minimum Gasteiger partial charge on any atom is -0.481 e. The third kappa shape index (κ3) is 3.38. The highest BCUT2D eigenvalue weighted by molar-refractivity contribution is 6.30. The zero-order valence-corrected chi connectivity index (χ0v) is 19.9. The van der Waals surface area contributed by atoms with Crippen LogP contribution in [0.4, 0.5) is 5.69 Å². The zero-order valence-electron chi connectivity index (χ0n) is 19.1. The van der Waals surface area contributed by atoms with Gasteiger partial charge in [-0.1, -0.05) is 23.7 Å². The van der Waals surface area contributed by atoms with Crippen LogP contribution in [0, 0.1) is 13.8 Å². The number of hydrogen-bond donors (Lipinski definition) is 0. The molecule has 0 saturated heterocycles. The maximum atomic E-state index is 13.8. The molecule has 0 radical (unpaired) electrons. The number of benzene rings is 1. The summed E-state index contributed by atoms with van der Waals surface area (Å²) in [7, 11) is 3.23. The smallest absolute Gasteiger partial charge is 0.263 e. The average molecular weight is 476 g/mol. The molecule has 0 bridgehead atoms. The minimum absolute atomic E-state index is 0.107. The van der Waals surface area contributed by atoms with Crippen LogP contribution in [-0.4, -0.2) is 32.3 Å². The largest absolute Gasteiger partial charge is 0.481 e. The number of amides is 1. The second-order valence-corrected chi connectivity index (χ2v) is 8.68. The topological polar surface area (TPSA) is 82.3 Å². The van der Waals surface area contributed by atoms with Gasteiger partial charge in [0.25, 0.3) is 11.5 Å². The van der Waals surface area contributed by atoms with Gasteiger partial charge in [0.2, 0.25) is 5.88 Å². The van der Waals surface area contributed by atoms with Crippen LogP contribution < -0.4 is 15.2 Å². The van der Waals surface area contributed by atoms with Crippen LogP contribution in [0.3, 0.4) is 0 Å². The molecule has 4 aromatic rings. The molecule has 8 nitrogen and oxygen atoms in total. The van der Waals surface area contributed by atoms with Crippen molar-refractivity contribution in [2.75, 3.05) is 12.0 Å². The van der Waals surface area contributed by atoms with Crippen LogP contribution in [-0.2, 0) is 7.05 Å². The molecule has 1 atom stereocenters. The first-order valence-corrected chi connectivity index (χ1v) is 11.0. The highest BCUT2D eigenvalue weighted by atomic mass is 35.5. The fourth-order valence-electron chi connectivity index (χ4n) is 4.42. The van der Waals surface area contributed by atoms with Crippen LogP contribution in [0.1, 0.15) is 38.9 Å². The Kier molecular flexibility index (Phi) is 5.25. The number of anilines is 1. The Morgan fingerprint density at radius 2 is 1.76 bits per heavy atom. The molecular formula is C25H22ClN5O3. The van der Waals surface area contributed by atoms with Crippen molar-refractivity contribution in [2.24, 2.45) is 7.05 Å². The SMILES string of the molecule is COc1ccc(-n2nc3c(c2C)C(=O)N(c2cc(C)c(=O)n(C)c2)C3c2ccc(Cl)cc2)cn1. The van der Waals surface area contributed by atoms with Gasteiger partial charge in [-0.05, 0) is 43.7 Å². The first-order valence-electron chi connectivity index (χ1n) is 10.7. The maximum Gasteiger partial charge on any atom is 0.263 e. The third-order valence-electron chi connectivity index (χ3n) is 6.08. The molecule has 0 N–H and O–H groups in total. The molecule has 1 amide bonds. The van der Waals surface area contributed by atoms with E-state index in [4.69, 9.17) is 21.4 Å². The zero-order chi connectivity index (χ0) is 24.1. The van der Waals surface area contributed by atoms with Gasteiger partial charge in [0.15, 0.2) is 0 Å². The summed E-state index contributed by atoms with van der Waals surface area (Å²) in [4.78, 5) is 32.1. The highest BCUT2D eigenvalue weighted by Crippen LogP contribution is 2.42. The van der Waals surface area contributed by atoms with E-state index < -0.39 is 6.04 Å². The lowest BCUT2D eigenvalue weighted by Crippen LogP contribution is -2.31. The predicted molar refractivity (Wildman–Crippen MR) is 129 cm³/mol. The van der Waals surface area contributed by atoms with Crippen molar-refractivity contribution in [2.45, 2.75) is 19.9 Å². The van der Waals surface area contributed by atoms with E-state index in [1.807, 2.05) is 25.1 Å². The van der Waals surface area contributed by atoms with E-state index in [1.54, 1.807) is 67.3 Å². The summed E-state index contributed by atoms with van der Waals surface area (Å²) in [5.74, 6) is 0.311. The van der Waals surface area contributed by atoms with Gasteiger partial charge in [-0.25, -0.2) is 9.67 Å². The summed E-state index contributed by atoms with van der Waals surface area (Å²) >= 11 is 6.14. The predicted octanol–water partition coefficient (Wildman–Crippen LogP) is 3.99. The van der Waals surface area contributed by atoms with E-state index in [0.29, 0.717) is 39.1 Å². The molecule has 0 aliphatic carbocycles. The molecule has 34 heavy (non-hydrogen) atoms. The summed E-state index contributed by atoms with van der Waals surface area (Å²) in [5, 5.41) is 5.46. The number of halogens is 1. The lowest BCUT2D eigenvalue weighted by Gasteiger charge is -2.26. The Bertz CT molecular complexity index is 1450. The van der Waals surface area contributed by atoms with Crippen LogP contribution in [0.2, 0.25) is 5.02 Å². The third-order valence-corrected chi connectivity index (χ3v) is 6.33. The number of pyridine rings is 2. The standard InChI is InChI=1S/C25H22ClN5O3/c1-14-11-19(13-29(3)24(14)32)30-23(16-5-7-17(26)8-6-16)22-21(25(30)33)15(2)31(28-22)18-9-10-20(34-4)27-12-18/h5-13,23H,1-4H3. The lowest BCUT2D eigenvalue weighted by molar-refractivity contribution is 0.0992. The Morgan fingerprint density at radius 1 is 1.03 bits per heavy atom. The number of methoxy groups -OCH3 is 1. The number of rotatable bonds is 4. The molecule has 4 heterocycles. The Labute approximate surface area is 201 Å². The number of ether oxygens (including phenoxy) is 1. The Balaban J connectivity index is 1.70. The van der Waals surface area contributed by atoms with Crippen LogP contribution >= 0.6 is 11.6 Å². The van der Waals surface area contributed by atoms with Gasteiger partial charge < -0.3 is 9.30 Å². The average Bonchev–Trinajstić information content (AvgIpc) is 3.32. The summed E-state index contributed by atoms with van der Waals surface area (Å²) in [5.41, 5.74) is 4.52. The molecule has 3 aromatic heterocycles. The molecule has 0 fully saturated rings. The number of carbonyl (C=O) groups is 1. The number of aromatic nitrogens is 4. The van der Waals surface area contributed by atoms with Gasteiger partial charge >= 0.3 is 0 Å². The molecule has 172 valence electrons. The van der Waals surface area contributed by atoms with Crippen LogP contribution in [0.5, 0.6) is 5.88 Å². The van der Waals surface area contributed by atoms with Gasteiger partial charge in [0.05, 0.1) is 35.9 Å². The van der Waals surface area contributed by atoms with E-state index in [0.717, 1.165) is 11.3 Å². The highest BCUT2D eigenvalue weighted by Gasteiger charge is 2.43. The van der Waals surface area contributed by atoms with E-state index in [-0.39, 0.29) is 11.5 Å². The fourth-order valence-corrected chi connectivity index (χ4v) is 4.54. The van der Waals surface area contributed by atoms with Crippen molar-refractivity contribution in [3.63, 3.8) is 0 Å². The van der Waals surface area contributed by atoms with Crippen molar-refractivity contribution in [3.05, 3.63) is 98.3 Å². The molecule has 1 aliphatic rings. The van der Waals surface area contributed by atoms with E-state index in [9.17, 15) is 9.59 Å². The first kappa shape index (κ1) is 21.9. The summed E-state index contributed by atoms with van der Waals surface area (Å²) in [6, 6.07) is 12.2. The van der Waals surface area contributed by atoms with Crippen molar-refractivity contribution in [3.8, 4) is 11.6 Å². The monoisotopic (exact) mass is 475 g/mol. The first-order chi connectivity index (χ1) is 16.3. The Hall–Kier alpha value is -3.91. The lowest BCUT2D eigenvalue weighted by atomic mass is 10.0. The molecule has 1 aliphatic heterocycles. The molecule has 0 saturated carbocycles. The number of fused-ring (bicyclic) bond motifs is 1. The molecule has 1 unspecified atom stereocenters. The van der Waals surface area contributed by atoms with E-state index >= 15 is 0 Å². The normalized spacial score (nSPS) is 15.0. The number of nitrogens with zero attached hydrogens (tertiary/aromatic N) is 5. The number of hydrogen-bond acceptors (Lipinski definition) is 5. The summed E-state index contributed by atoms with van der Waals surface area (Å²) < 4.78 is 8.37. The Morgan fingerprint density at radius 3 is 2.38 bits per heavy atom. The summed E-state index contributed by atoms with van der Waals surface area (Å²) in [6.45, 7) is 3.60. The molecule has 9 heteroatoms. The van der Waals surface area contributed by atoms with Crippen LogP contribution in [0.15, 0.2) is 59.7 Å². The van der Waals surface area contributed by atoms with Gasteiger partial charge in [0.1, 0.15) is 11.7 Å². The summed E-state index contributed by atoms with van der Waals surface area (Å²) in [6.07, 6.45) is 3.34. The second-order valence-electron chi connectivity index (χ2n) is 8.24. The van der Waals surface area contributed by atoms with Crippen molar-refractivity contribution >= 4 is 23.2 Å². The maximum absolute atomic E-state index is 13.8.